The van der Waals surface area contributed by atoms with Crippen molar-refractivity contribution in [1.29, 1.82) is 0 Å². The smallest absolute Gasteiger partial charge is 0.308 e. The molecule has 0 aliphatic rings. The Morgan fingerprint density at radius 1 is 0.783 bits per heavy atom. The van der Waals surface area contributed by atoms with E-state index in [1.807, 2.05) is 20.8 Å². The summed E-state index contributed by atoms with van der Waals surface area (Å²) in [6, 6.07) is 0. The molecule has 0 aromatic carbocycles. The molecule has 0 saturated heterocycles. The molecule has 6 heteroatoms. The van der Waals surface area contributed by atoms with Crippen molar-refractivity contribution >= 4 is 17.6 Å². The van der Waals surface area contributed by atoms with E-state index in [2.05, 4.69) is 0 Å². The molecule has 0 rings (SSSR count). The number of carbonyl (C=O) groups is 1. The van der Waals surface area contributed by atoms with Gasteiger partial charge in [0.15, 0.2) is 0 Å². The maximum absolute atomic E-state index is 11.4. The van der Waals surface area contributed by atoms with Crippen molar-refractivity contribution < 1.29 is 23.7 Å². The summed E-state index contributed by atoms with van der Waals surface area (Å²) in [6.07, 6.45) is 4.76. The van der Waals surface area contributed by atoms with Crippen molar-refractivity contribution in [3.05, 3.63) is 0 Å². The summed E-state index contributed by atoms with van der Waals surface area (Å²) in [4.78, 5) is 11.4. The van der Waals surface area contributed by atoms with Gasteiger partial charge in [0.1, 0.15) is 5.60 Å². The highest BCUT2D eigenvalue weighted by atomic mass is 35.5. The molecule has 0 amide bonds. The van der Waals surface area contributed by atoms with Crippen LogP contribution >= 0.6 is 11.6 Å². The maximum atomic E-state index is 11.4. The molecule has 5 nitrogen and oxygen atoms in total. The van der Waals surface area contributed by atoms with E-state index in [9.17, 15) is 4.79 Å². The van der Waals surface area contributed by atoms with Crippen LogP contribution < -0.4 is 0 Å². The summed E-state index contributed by atoms with van der Waals surface area (Å²) in [6.45, 7) is 8.83. The number of alkyl halides is 1. The van der Waals surface area contributed by atoms with Crippen LogP contribution in [0, 0.1) is 0 Å². The molecule has 0 aliphatic heterocycles. The van der Waals surface area contributed by atoms with Gasteiger partial charge in [0.25, 0.3) is 0 Å². The van der Waals surface area contributed by atoms with Gasteiger partial charge in [-0.2, -0.15) is 0 Å². The highest BCUT2D eigenvalue weighted by molar-refractivity contribution is 6.17. The minimum atomic E-state index is -0.440. The van der Waals surface area contributed by atoms with Crippen LogP contribution in [0.4, 0.5) is 0 Å². The molecule has 0 saturated carbocycles. The zero-order chi connectivity index (χ0) is 17.4. The van der Waals surface area contributed by atoms with Crippen molar-refractivity contribution in [1.82, 2.24) is 0 Å². The lowest BCUT2D eigenvalue weighted by Crippen LogP contribution is -2.24. The molecule has 0 bridgehead atoms. The first-order valence-corrected chi connectivity index (χ1v) is 9.00. The Kier molecular flexibility index (Phi) is 14.9. The average Bonchev–Trinajstić information content (AvgIpc) is 2.46. The third-order valence-electron chi connectivity index (χ3n) is 2.79. The van der Waals surface area contributed by atoms with Gasteiger partial charge in [-0.1, -0.05) is 12.8 Å². The largest absolute Gasteiger partial charge is 0.460 e. The molecule has 0 radical (unpaired) electrons. The number of esters is 1. The van der Waals surface area contributed by atoms with Crippen LogP contribution in [0.5, 0.6) is 0 Å². The second kappa shape index (κ2) is 15.2. The first-order chi connectivity index (χ1) is 11.0. The van der Waals surface area contributed by atoms with Gasteiger partial charge in [0.05, 0.1) is 39.5 Å². The van der Waals surface area contributed by atoms with Gasteiger partial charge < -0.3 is 18.9 Å². The molecule has 0 N–H and O–H groups in total. The van der Waals surface area contributed by atoms with E-state index in [0.29, 0.717) is 33.0 Å². The molecule has 23 heavy (non-hydrogen) atoms. The van der Waals surface area contributed by atoms with E-state index in [1.54, 1.807) is 0 Å². The standard InChI is InChI=1S/C17H33ClO5/c1-17(2,3)23-16(19)8-11-21-13-15-22-14-12-20-10-7-5-4-6-9-18/h4-15H2,1-3H3. The lowest BCUT2D eigenvalue weighted by Gasteiger charge is -2.19. The fourth-order valence-corrected chi connectivity index (χ4v) is 1.93. The van der Waals surface area contributed by atoms with E-state index in [1.165, 1.54) is 12.8 Å². The number of carbonyl (C=O) groups excluding carboxylic acids is 1. The number of halogens is 1. The van der Waals surface area contributed by atoms with Crippen molar-refractivity contribution in [2.24, 2.45) is 0 Å². The first-order valence-electron chi connectivity index (χ1n) is 8.47. The monoisotopic (exact) mass is 352 g/mol. The Bertz CT molecular complexity index is 279. The summed E-state index contributed by atoms with van der Waals surface area (Å²) in [5, 5.41) is 0. The Hall–Kier alpha value is -0.360. The number of rotatable bonds is 15. The first kappa shape index (κ1) is 22.6. The molecule has 0 atom stereocenters. The second-order valence-corrected chi connectivity index (χ2v) is 6.65. The molecule has 0 unspecified atom stereocenters. The van der Waals surface area contributed by atoms with E-state index >= 15 is 0 Å². The van der Waals surface area contributed by atoms with Crippen LogP contribution in [0.2, 0.25) is 0 Å². The summed E-state index contributed by atoms with van der Waals surface area (Å²) in [5.41, 5.74) is -0.440. The van der Waals surface area contributed by atoms with Crippen molar-refractivity contribution in [2.75, 3.05) is 45.5 Å². The Labute approximate surface area is 145 Å². The van der Waals surface area contributed by atoms with Crippen molar-refractivity contribution in [2.45, 2.75) is 58.5 Å². The zero-order valence-corrected chi connectivity index (χ0v) is 15.7. The predicted molar refractivity (Wildman–Crippen MR) is 92.1 cm³/mol. The highest BCUT2D eigenvalue weighted by Crippen LogP contribution is 2.08. The third kappa shape index (κ3) is 19.6. The average molecular weight is 353 g/mol. The summed E-state index contributed by atoms with van der Waals surface area (Å²) in [7, 11) is 0. The minimum absolute atomic E-state index is 0.238. The number of hydrogen-bond acceptors (Lipinski definition) is 5. The van der Waals surface area contributed by atoms with E-state index < -0.39 is 5.60 Å². The topological polar surface area (TPSA) is 54.0 Å². The van der Waals surface area contributed by atoms with Crippen LogP contribution in [-0.4, -0.2) is 57.1 Å². The number of hydrogen-bond donors (Lipinski definition) is 0. The molecule has 0 spiro atoms. The Morgan fingerprint density at radius 3 is 1.87 bits per heavy atom. The third-order valence-corrected chi connectivity index (χ3v) is 3.05. The van der Waals surface area contributed by atoms with Gasteiger partial charge >= 0.3 is 5.97 Å². The zero-order valence-electron chi connectivity index (χ0n) is 14.9. The molecule has 0 aromatic rings. The van der Waals surface area contributed by atoms with Gasteiger partial charge in [-0.3, -0.25) is 4.79 Å². The lowest BCUT2D eigenvalue weighted by molar-refractivity contribution is -0.156. The van der Waals surface area contributed by atoms with E-state index in [-0.39, 0.29) is 12.4 Å². The van der Waals surface area contributed by atoms with Gasteiger partial charge in [0, 0.05) is 12.5 Å². The van der Waals surface area contributed by atoms with Crippen LogP contribution in [-0.2, 0) is 23.7 Å². The Balaban J connectivity index is 3.15. The van der Waals surface area contributed by atoms with Gasteiger partial charge in [-0.25, -0.2) is 0 Å². The second-order valence-electron chi connectivity index (χ2n) is 6.28. The van der Waals surface area contributed by atoms with Crippen LogP contribution in [0.15, 0.2) is 0 Å². The normalized spacial score (nSPS) is 11.7. The summed E-state index contributed by atoms with van der Waals surface area (Å²) in [5.74, 6) is 0.506. The van der Waals surface area contributed by atoms with Crippen molar-refractivity contribution in [3.63, 3.8) is 0 Å². The SMILES string of the molecule is CC(C)(C)OC(=O)CCOCCOCCOCCCCCCCl. The summed E-state index contributed by atoms with van der Waals surface area (Å²) < 4.78 is 21.3. The number of ether oxygens (including phenoxy) is 4. The van der Waals surface area contributed by atoms with Crippen LogP contribution in [0.1, 0.15) is 52.9 Å². The molecular weight excluding hydrogens is 320 g/mol. The van der Waals surface area contributed by atoms with Crippen LogP contribution in [0.3, 0.4) is 0 Å². The molecule has 138 valence electrons. The minimum Gasteiger partial charge on any atom is -0.460 e. The van der Waals surface area contributed by atoms with Crippen molar-refractivity contribution in [3.8, 4) is 0 Å². The van der Waals surface area contributed by atoms with Crippen LogP contribution in [0.25, 0.3) is 0 Å². The maximum Gasteiger partial charge on any atom is 0.308 e. The highest BCUT2D eigenvalue weighted by Gasteiger charge is 2.15. The van der Waals surface area contributed by atoms with E-state index in [4.69, 9.17) is 30.5 Å². The molecule has 0 heterocycles. The molecule has 0 aliphatic carbocycles. The number of unbranched alkanes of at least 4 members (excludes halogenated alkanes) is 3. The molecular formula is C17H33ClO5. The summed E-state index contributed by atoms with van der Waals surface area (Å²) >= 11 is 5.60. The van der Waals surface area contributed by atoms with Gasteiger partial charge in [-0.05, 0) is 33.6 Å². The van der Waals surface area contributed by atoms with Gasteiger partial charge in [-0.15, -0.1) is 11.6 Å². The lowest BCUT2D eigenvalue weighted by atomic mass is 10.2. The Morgan fingerprint density at radius 2 is 1.30 bits per heavy atom. The molecule has 0 fully saturated rings. The fourth-order valence-electron chi connectivity index (χ4n) is 1.74. The predicted octanol–water partition coefficient (Wildman–Crippen LogP) is 3.57. The van der Waals surface area contributed by atoms with E-state index in [0.717, 1.165) is 25.3 Å². The quantitative estimate of drug-likeness (QED) is 0.256. The fraction of sp³-hybridized carbons (Fsp3) is 0.941. The molecule has 0 aromatic heterocycles. The van der Waals surface area contributed by atoms with Gasteiger partial charge in [0.2, 0.25) is 0 Å².